The van der Waals surface area contributed by atoms with Gasteiger partial charge in [-0.15, -0.1) is 11.8 Å². The average Bonchev–Trinajstić information content (AvgIpc) is 3.00. The molecule has 0 aliphatic rings. The first kappa shape index (κ1) is 34.0. The number of nitrogens with zero attached hydrogens (tertiary/aromatic N) is 2. The zero-order valence-electron chi connectivity index (χ0n) is 25.9. The van der Waals surface area contributed by atoms with Crippen molar-refractivity contribution in [2.24, 2.45) is 0 Å². The molecule has 3 aromatic rings. The van der Waals surface area contributed by atoms with Crippen LogP contribution >= 0.6 is 11.8 Å². The molecule has 0 saturated carbocycles. The van der Waals surface area contributed by atoms with E-state index in [-0.39, 0.29) is 29.1 Å². The van der Waals surface area contributed by atoms with E-state index in [1.807, 2.05) is 65.1 Å². The van der Waals surface area contributed by atoms with Gasteiger partial charge in [0.1, 0.15) is 18.3 Å². The maximum Gasteiger partial charge on any atom is 0.264 e. The van der Waals surface area contributed by atoms with Crippen LogP contribution in [-0.2, 0) is 26.2 Å². The summed E-state index contributed by atoms with van der Waals surface area (Å²) < 4.78 is 35.3. The summed E-state index contributed by atoms with van der Waals surface area (Å²) >= 11 is 1.51. The standard InChI is InChI=1S/C33H43N3O5S2/c1-7-25(5)34-33(38)29(8-2)35(22-26-14-12-13-24(4)21-26)32(37)23-36(30-15-10-11-16-31(30)41-9-3)43(39,40)28-19-17-27(42-6)18-20-28/h10-21,25,29H,7-9,22-23H2,1-6H3,(H,34,38)/t25-,29+/m0/s1. The van der Waals surface area contributed by atoms with E-state index in [0.717, 1.165) is 26.7 Å². The first-order chi connectivity index (χ1) is 20.5. The summed E-state index contributed by atoms with van der Waals surface area (Å²) in [5, 5.41) is 3.00. The second kappa shape index (κ2) is 15.8. The number of hydrogen-bond acceptors (Lipinski definition) is 6. The second-order valence-corrected chi connectivity index (χ2v) is 13.1. The predicted molar refractivity (Wildman–Crippen MR) is 174 cm³/mol. The summed E-state index contributed by atoms with van der Waals surface area (Å²) in [7, 11) is -4.21. The lowest BCUT2D eigenvalue weighted by atomic mass is 10.1. The van der Waals surface area contributed by atoms with Crippen molar-refractivity contribution in [2.45, 2.75) is 75.9 Å². The number of hydrogen-bond donors (Lipinski definition) is 1. The molecule has 10 heteroatoms. The van der Waals surface area contributed by atoms with Crippen LogP contribution in [0, 0.1) is 6.92 Å². The third-order valence-corrected chi connectivity index (χ3v) is 9.70. The molecule has 43 heavy (non-hydrogen) atoms. The maximum atomic E-state index is 14.3. The minimum atomic E-state index is -4.21. The van der Waals surface area contributed by atoms with Gasteiger partial charge in [0, 0.05) is 17.5 Å². The number of rotatable bonds is 15. The molecular formula is C33H43N3O5S2. The van der Waals surface area contributed by atoms with Crippen LogP contribution in [-0.4, -0.2) is 56.6 Å². The molecule has 3 aromatic carbocycles. The van der Waals surface area contributed by atoms with Gasteiger partial charge in [-0.2, -0.15) is 0 Å². The number of para-hydroxylation sites is 2. The topological polar surface area (TPSA) is 96.0 Å². The van der Waals surface area contributed by atoms with Gasteiger partial charge in [0.15, 0.2) is 0 Å². The highest BCUT2D eigenvalue weighted by atomic mass is 32.2. The molecule has 2 amide bonds. The molecule has 0 saturated heterocycles. The van der Waals surface area contributed by atoms with Gasteiger partial charge in [0.25, 0.3) is 10.0 Å². The highest BCUT2D eigenvalue weighted by Crippen LogP contribution is 2.33. The quantitative estimate of drug-likeness (QED) is 0.207. The summed E-state index contributed by atoms with van der Waals surface area (Å²) in [6.07, 6.45) is 3.01. The van der Waals surface area contributed by atoms with Crippen LogP contribution in [0.2, 0.25) is 0 Å². The molecule has 1 N–H and O–H groups in total. The number of sulfonamides is 1. The molecule has 3 rings (SSSR count). The van der Waals surface area contributed by atoms with Crippen LogP contribution in [0.3, 0.4) is 0 Å². The molecule has 0 unspecified atom stereocenters. The first-order valence-electron chi connectivity index (χ1n) is 14.6. The Labute approximate surface area is 260 Å². The van der Waals surface area contributed by atoms with Crippen molar-refractivity contribution in [3.63, 3.8) is 0 Å². The van der Waals surface area contributed by atoms with Gasteiger partial charge < -0.3 is 15.0 Å². The van der Waals surface area contributed by atoms with Gasteiger partial charge in [0.05, 0.1) is 17.2 Å². The van der Waals surface area contributed by atoms with E-state index in [1.54, 1.807) is 48.5 Å². The van der Waals surface area contributed by atoms with Crippen LogP contribution in [0.1, 0.15) is 51.7 Å². The van der Waals surface area contributed by atoms with Crippen molar-refractivity contribution < 1.29 is 22.7 Å². The predicted octanol–water partition coefficient (Wildman–Crippen LogP) is 6.03. The number of ether oxygens (including phenoxy) is 1. The number of nitrogens with one attached hydrogen (secondary N) is 1. The molecule has 0 radical (unpaired) electrons. The smallest absolute Gasteiger partial charge is 0.264 e. The van der Waals surface area contributed by atoms with Gasteiger partial charge in [-0.1, -0.05) is 55.8 Å². The van der Waals surface area contributed by atoms with E-state index in [1.165, 1.54) is 16.7 Å². The van der Waals surface area contributed by atoms with Gasteiger partial charge in [-0.3, -0.25) is 13.9 Å². The van der Waals surface area contributed by atoms with E-state index < -0.39 is 28.5 Å². The van der Waals surface area contributed by atoms with E-state index >= 15 is 0 Å². The fourth-order valence-corrected chi connectivity index (χ4v) is 6.53. The molecule has 0 aliphatic heterocycles. The zero-order valence-corrected chi connectivity index (χ0v) is 27.5. The summed E-state index contributed by atoms with van der Waals surface area (Å²) in [4.78, 5) is 30.2. The Morgan fingerprint density at radius 2 is 1.65 bits per heavy atom. The van der Waals surface area contributed by atoms with Crippen molar-refractivity contribution >= 4 is 39.3 Å². The third kappa shape index (κ3) is 8.76. The molecular weight excluding hydrogens is 583 g/mol. The molecule has 8 nitrogen and oxygen atoms in total. The van der Waals surface area contributed by atoms with Gasteiger partial charge in [-0.05, 0) is 81.8 Å². The van der Waals surface area contributed by atoms with Crippen LogP contribution in [0.25, 0.3) is 0 Å². The normalized spacial score (nSPS) is 12.7. The minimum Gasteiger partial charge on any atom is -0.492 e. The molecule has 2 atom stereocenters. The number of carbonyl (C=O) groups is 2. The lowest BCUT2D eigenvalue weighted by molar-refractivity contribution is -0.140. The Balaban J connectivity index is 2.12. The summed E-state index contributed by atoms with van der Waals surface area (Å²) in [6.45, 7) is 9.46. The average molecular weight is 626 g/mol. The highest BCUT2D eigenvalue weighted by molar-refractivity contribution is 7.98. The summed E-state index contributed by atoms with van der Waals surface area (Å²) in [5.74, 6) is -0.424. The van der Waals surface area contributed by atoms with E-state index in [9.17, 15) is 18.0 Å². The molecule has 232 valence electrons. The number of carbonyl (C=O) groups excluding carboxylic acids is 2. The Bertz CT molecular complexity index is 1480. The monoisotopic (exact) mass is 625 g/mol. The van der Waals surface area contributed by atoms with Crippen molar-refractivity contribution in [3.05, 3.63) is 83.9 Å². The largest absolute Gasteiger partial charge is 0.492 e. The number of thioether (sulfide) groups is 1. The number of amides is 2. The third-order valence-electron chi connectivity index (χ3n) is 7.18. The van der Waals surface area contributed by atoms with Crippen LogP contribution in [0.4, 0.5) is 5.69 Å². The first-order valence-corrected chi connectivity index (χ1v) is 17.3. The van der Waals surface area contributed by atoms with Crippen molar-refractivity contribution in [1.29, 1.82) is 0 Å². The zero-order chi connectivity index (χ0) is 31.6. The van der Waals surface area contributed by atoms with E-state index in [4.69, 9.17) is 4.74 Å². The van der Waals surface area contributed by atoms with E-state index in [0.29, 0.717) is 18.8 Å². The second-order valence-electron chi connectivity index (χ2n) is 10.3. The SMILES string of the molecule is CCOc1ccccc1N(CC(=O)N(Cc1cccc(C)c1)[C@H](CC)C(=O)N[C@@H](C)CC)S(=O)(=O)c1ccc(SC)cc1. The van der Waals surface area contributed by atoms with Crippen molar-refractivity contribution in [1.82, 2.24) is 10.2 Å². The highest BCUT2D eigenvalue weighted by Gasteiger charge is 2.35. The van der Waals surface area contributed by atoms with Crippen LogP contribution in [0.5, 0.6) is 5.75 Å². The summed E-state index contributed by atoms with van der Waals surface area (Å²) in [6, 6.07) is 20.2. The number of benzene rings is 3. The van der Waals surface area contributed by atoms with Crippen LogP contribution in [0.15, 0.2) is 82.6 Å². The molecule has 0 aromatic heterocycles. The Morgan fingerprint density at radius 3 is 2.26 bits per heavy atom. The molecule has 0 heterocycles. The maximum absolute atomic E-state index is 14.3. The Kier molecular flexibility index (Phi) is 12.5. The van der Waals surface area contributed by atoms with Crippen molar-refractivity contribution in [2.75, 3.05) is 23.7 Å². The summed E-state index contributed by atoms with van der Waals surface area (Å²) in [5.41, 5.74) is 2.12. The fraction of sp³-hybridized carbons (Fsp3) is 0.394. The van der Waals surface area contributed by atoms with Crippen molar-refractivity contribution in [3.8, 4) is 5.75 Å². The van der Waals surface area contributed by atoms with Gasteiger partial charge in [-0.25, -0.2) is 8.42 Å². The number of anilines is 1. The Morgan fingerprint density at radius 1 is 0.953 bits per heavy atom. The van der Waals surface area contributed by atoms with Gasteiger partial charge >= 0.3 is 0 Å². The molecule has 0 aliphatic carbocycles. The minimum absolute atomic E-state index is 0.0520. The Hall–Kier alpha value is -3.50. The molecule has 0 bridgehead atoms. The van der Waals surface area contributed by atoms with E-state index in [2.05, 4.69) is 5.32 Å². The number of aryl methyl sites for hydroxylation is 1. The van der Waals surface area contributed by atoms with Gasteiger partial charge in [0.2, 0.25) is 11.8 Å². The lowest BCUT2D eigenvalue weighted by Crippen LogP contribution is -2.53. The van der Waals surface area contributed by atoms with Crippen LogP contribution < -0.4 is 14.4 Å². The molecule has 0 spiro atoms. The molecule has 0 fully saturated rings. The lowest BCUT2D eigenvalue weighted by Gasteiger charge is -2.34. The fourth-order valence-electron chi connectivity index (χ4n) is 4.70.